The first kappa shape index (κ1) is 77.7. The summed E-state index contributed by atoms with van der Waals surface area (Å²) in [5, 5.41) is 53.9. The standard InChI is InChI=1S/2C36H54N2O2.BF3.2Co/c2*1-33(2,3)25-17-23(31(39)27(19-25)35(7,8)9)21-37-29-15-13-14-16-30(29)38-22-24-18-26(34(4,5)6)20-28(32(24)40)36(10,11)12;2-1(3)4;;/h2*17-22,29-30,39-40H,13-16H2,1-12H3;;;/q;;;2*+2/p-4/t29-,30+;29-,30-;;;/m.0.../s1. The Morgan fingerprint density at radius 1 is 0.314 bits per heavy atom. The molecule has 0 saturated heterocycles. The second kappa shape index (κ2) is 30.0. The SMILES string of the molecule is CC(C)(C)c1cc(C=N[C@H]2CCCC[C@@H]2N=Cc2cc(C(C)(C)C)cc(C(C)(C)C)c2[O-])c([O-])c(C(C)(C)C)c1.CC(C)(C)c1cc(C=N[C@H]2CCCC[C@H]2N=Cc2cc(C(C)(C)C)cc(C(C)(C)C)c2[O-])c([O-])c(C(C)(C)C)c1.FB(F)F.[Co+2].[Co+2]. The van der Waals surface area contributed by atoms with Gasteiger partial charge in [-0.1, -0.05) is 263 Å². The average molecular weight is 1280 g/mol. The van der Waals surface area contributed by atoms with Crippen molar-refractivity contribution in [1.82, 2.24) is 0 Å². The average Bonchev–Trinajstić information content (AvgIpc) is 2.21. The first-order valence-corrected chi connectivity index (χ1v) is 30.6. The Balaban J connectivity index is 0.000000540. The molecule has 86 heavy (non-hydrogen) atoms. The number of rotatable bonds is 8. The molecule has 4 atom stereocenters. The maximum Gasteiger partial charge on any atom is 2.00 e. The summed E-state index contributed by atoms with van der Waals surface area (Å²) < 4.78 is 29.0. The van der Waals surface area contributed by atoms with E-state index in [2.05, 4.69) is 190 Å². The summed E-state index contributed by atoms with van der Waals surface area (Å²) >= 11 is 0. The van der Waals surface area contributed by atoms with E-state index in [1.54, 1.807) is 24.9 Å². The van der Waals surface area contributed by atoms with Crippen LogP contribution < -0.4 is 20.4 Å². The molecule has 0 amide bonds. The first-order chi connectivity index (χ1) is 38.1. The van der Waals surface area contributed by atoms with E-state index >= 15 is 0 Å². The molecule has 8 nitrogen and oxygen atoms in total. The van der Waals surface area contributed by atoms with Crippen molar-refractivity contribution in [3.8, 4) is 23.0 Å². The number of aliphatic imine (C=N–C) groups is 4. The van der Waals surface area contributed by atoms with Crippen LogP contribution in [-0.4, -0.2) is 56.6 Å². The Morgan fingerprint density at radius 2 is 0.465 bits per heavy atom. The molecule has 14 heteroatoms. The van der Waals surface area contributed by atoms with E-state index in [-0.39, 0.29) is 124 Å². The van der Waals surface area contributed by atoms with E-state index in [1.807, 2.05) is 24.3 Å². The minimum atomic E-state index is -3.67. The van der Waals surface area contributed by atoms with Crippen LogP contribution in [0.25, 0.3) is 0 Å². The van der Waals surface area contributed by atoms with Gasteiger partial charge >= 0.3 is 41.1 Å². The van der Waals surface area contributed by atoms with Crippen LogP contribution in [-0.2, 0) is 76.9 Å². The van der Waals surface area contributed by atoms with Crippen LogP contribution in [0.5, 0.6) is 23.0 Å². The van der Waals surface area contributed by atoms with Gasteiger partial charge in [-0.25, -0.2) is 0 Å². The quantitative estimate of drug-likeness (QED) is 0.128. The van der Waals surface area contributed by atoms with Gasteiger partial charge in [0.25, 0.3) is 0 Å². The Labute approximate surface area is 539 Å². The predicted octanol–water partition coefficient (Wildman–Crippen LogP) is 16.6. The topological polar surface area (TPSA) is 142 Å². The van der Waals surface area contributed by atoms with Crippen molar-refractivity contribution in [3.05, 3.63) is 115 Å². The second-order valence-corrected chi connectivity index (χ2v) is 32.0. The number of nitrogens with zero attached hydrogens (tertiary/aromatic N) is 4. The molecule has 2 saturated carbocycles. The number of benzene rings is 4. The molecule has 6 rings (SSSR count). The minimum absolute atomic E-state index is 0. The van der Waals surface area contributed by atoms with Gasteiger partial charge < -0.3 is 20.4 Å². The van der Waals surface area contributed by atoms with Crippen LogP contribution in [0.15, 0.2) is 68.5 Å². The third-order valence-electron chi connectivity index (χ3n) is 16.2. The minimum Gasteiger partial charge on any atom is -0.872 e. The van der Waals surface area contributed by atoms with Gasteiger partial charge in [-0.15, -0.1) is 0 Å². The van der Waals surface area contributed by atoms with Crippen LogP contribution >= 0.6 is 0 Å². The van der Waals surface area contributed by atoms with Gasteiger partial charge in [-0.05, 0) is 136 Å². The third kappa shape index (κ3) is 22.0. The fraction of sp³-hybridized carbons (Fsp3) is 0.611. The van der Waals surface area contributed by atoms with E-state index in [4.69, 9.17) is 20.0 Å². The van der Waals surface area contributed by atoms with Gasteiger partial charge in [-0.2, -0.15) is 0 Å². The van der Waals surface area contributed by atoms with E-state index in [0.29, 0.717) is 22.3 Å². The molecule has 4 aromatic rings. The summed E-state index contributed by atoms with van der Waals surface area (Å²) in [6.45, 7) is 51.2. The van der Waals surface area contributed by atoms with Crippen LogP contribution in [0.3, 0.4) is 0 Å². The molecular formula is C72H104BCo2F3N4O4. The summed E-state index contributed by atoms with van der Waals surface area (Å²) in [6.07, 6.45) is 15.3. The molecule has 0 unspecified atom stereocenters. The van der Waals surface area contributed by atoms with Crippen molar-refractivity contribution < 1.29 is 66.9 Å². The first-order valence-electron chi connectivity index (χ1n) is 30.6. The maximum atomic E-state index is 13.5. The van der Waals surface area contributed by atoms with Gasteiger partial charge in [0.05, 0.1) is 24.2 Å². The normalized spacial score (nSPS) is 18.5. The number of halogens is 3. The zero-order valence-electron chi connectivity index (χ0n) is 56.7. The molecule has 2 aliphatic rings. The summed E-state index contributed by atoms with van der Waals surface area (Å²) in [5.41, 5.74) is 9.24. The van der Waals surface area contributed by atoms with Gasteiger partial charge in [0.15, 0.2) is 0 Å². The zero-order chi connectivity index (χ0) is 64.1. The second-order valence-electron chi connectivity index (χ2n) is 32.0. The van der Waals surface area contributed by atoms with Crippen molar-refractivity contribution in [2.24, 2.45) is 20.0 Å². The third-order valence-corrected chi connectivity index (χ3v) is 16.2. The Kier molecular flexibility index (Phi) is 27.1. The van der Waals surface area contributed by atoms with Crippen LogP contribution in [0, 0.1) is 0 Å². The summed E-state index contributed by atoms with van der Waals surface area (Å²) in [6, 6.07) is 16.3. The van der Waals surface area contributed by atoms with Crippen LogP contribution in [0.4, 0.5) is 12.9 Å². The van der Waals surface area contributed by atoms with Crippen molar-refractivity contribution >= 4 is 32.4 Å². The summed E-state index contributed by atoms with van der Waals surface area (Å²) in [5.74, 6) is 0.240. The fourth-order valence-electron chi connectivity index (χ4n) is 10.5. The molecule has 0 aliphatic heterocycles. The Bertz CT molecular complexity index is 2610. The van der Waals surface area contributed by atoms with Crippen molar-refractivity contribution in [2.45, 2.75) is 285 Å². The maximum absolute atomic E-state index is 13.5. The van der Waals surface area contributed by atoms with Gasteiger partial charge in [0, 0.05) is 24.9 Å². The molecule has 2 fully saturated rings. The Morgan fingerprint density at radius 3 is 0.593 bits per heavy atom. The zero-order valence-corrected chi connectivity index (χ0v) is 58.8. The number of hydrogen-bond acceptors (Lipinski definition) is 8. The van der Waals surface area contributed by atoms with Gasteiger partial charge in [0.1, 0.15) is 0 Å². The molecule has 0 aromatic heterocycles. The number of hydrogen-bond donors (Lipinski definition) is 0. The molecular weight excluding hydrogens is 1170 g/mol. The smallest absolute Gasteiger partial charge is 0.872 e. The van der Waals surface area contributed by atoms with E-state index < -0.39 is 7.54 Å². The monoisotopic (exact) mass is 1270 g/mol. The van der Waals surface area contributed by atoms with Crippen molar-refractivity contribution in [3.63, 3.8) is 0 Å². The van der Waals surface area contributed by atoms with Crippen molar-refractivity contribution in [2.75, 3.05) is 0 Å². The molecule has 0 heterocycles. The van der Waals surface area contributed by atoms with E-state index in [1.165, 1.54) is 0 Å². The fourth-order valence-corrected chi connectivity index (χ4v) is 10.5. The molecule has 4 aromatic carbocycles. The predicted molar refractivity (Wildman–Crippen MR) is 345 cm³/mol. The van der Waals surface area contributed by atoms with Gasteiger partial charge in [-0.3, -0.25) is 32.9 Å². The molecule has 2 radical (unpaired) electrons. The summed E-state index contributed by atoms with van der Waals surface area (Å²) in [7, 11) is -3.67. The van der Waals surface area contributed by atoms with Crippen LogP contribution in [0.2, 0.25) is 0 Å². The molecule has 0 bridgehead atoms. The largest absolute Gasteiger partial charge is 2.00 e. The van der Waals surface area contributed by atoms with E-state index in [0.717, 1.165) is 95.9 Å². The molecule has 0 N–H and O–H groups in total. The van der Waals surface area contributed by atoms with Crippen LogP contribution in [0.1, 0.15) is 284 Å². The molecule has 478 valence electrons. The summed E-state index contributed by atoms with van der Waals surface area (Å²) in [4.78, 5) is 19.9. The Hall–Kier alpha value is -4.37. The molecule has 0 spiro atoms. The van der Waals surface area contributed by atoms with Crippen molar-refractivity contribution in [1.29, 1.82) is 0 Å². The molecule has 2 aliphatic carbocycles. The van der Waals surface area contributed by atoms with Gasteiger partial charge in [0.2, 0.25) is 0 Å². The van der Waals surface area contributed by atoms with E-state index in [9.17, 15) is 33.4 Å².